The van der Waals surface area contributed by atoms with Crippen molar-refractivity contribution >= 4 is 48.1 Å². The Bertz CT molecular complexity index is 979. The van der Waals surface area contributed by atoms with Gasteiger partial charge in [-0.25, -0.2) is 9.97 Å². The third-order valence-electron chi connectivity index (χ3n) is 7.17. The first-order chi connectivity index (χ1) is 15.5. The van der Waals surface area contributed by atoms with Crippen LogP contribution in [-0.2, 0) is 4.79 Å². The smallest absolute Gasteiger partial charge is 0.231 e. The zero-order valence-electron chi connectivity index (χ0n) is 19.2. The van der Waals surface area contributed by atoms with E-state index in [0.717, 1.165) is 55.1 Å². The van der Waals surface area contributed by atoms with E-state index in [1.54, 1.807) is 6.33 Å². The van der Waals surface area contributed by atoms with Crippen LogP contribution in [0.1, 0.15) is 60.9 Å². The van der Waals surface area contributed by atoms with Gasteiger partial charge in [0, 0.05) is 42.8 Å². The Hall–Kier alpha value is -1.64. The molecule has 1 amide bonds. The molecule has 3 aliphatic rings. The van der Waals surface area contributed by atoms with Crippen molar-refractivity contribution in [2.45, 2.75) is 50.2 Å². The zero-order chi connectivity index (χ0) is 22.2. The molecule has 0 spiro atoms. The van der Waals surface area contributed by atoms with E-state index in [-0.39, 0.29) is 48.6 Å². The number of amides is 1. The van der Waals surface area contributed by atoms with Gasteiger partial charge in [0.2, 0.25) is 5.91 Å². The number of hydrogen-bond donors (Lipinski definition) is 2. The minimum Gasteiger partial charge on any atom is -0.387 e. The summed E-state index contributed by atoms with van der Waals surface area (Å²) in [4.78, 5) is 26.8. The van der Waals surface area contributed by atoms with E-state index in [9.17, 15) is 9.90 Å². The number of aliphatic hydroxyl groups excluding tert-OH is 1. The number of carbonyl (C=O) groups excluding carboxylic acids is 1. The maximum atomic E-state index is 13.7. The summed E-state index contributed by atoms with van der Waals surface area (Å²) in [5.74, 6) is 1.14. The van der Waals surface area contributed by atoms with Crippen molar-refractivity contribution in [1.82, 2.24) is 20.2 Å². The number of fused-ring (bicyclic) bond motifs is 1. The fourth-order valence-electron chi connectivity index (χ4n) is 5.50. The minimum atomic E-state index is -0.510. The van der Waals surface area contributed by atoms with Crippen molar-refractivity contribution in [2.24, 2.45) is 0 Å². The number of anilines is 1. The van der Waals surface area contributed by atoms with Gasteiger partial charge in [-0.05, 0) is 49.4 Å². The van der Waals surface area contributed by atoms with Crippen LogP contribution in [0, 0.1) is 0 Å². The van der Waals surface area contributed by atoms with Crippen molar-refractivity contribution in [2.75, 3.05) is 37.6 Å². The molecule has 4 atom stereocenters. The summed E-state index contributed by atoms with van der Waals surface area (Å²) in [5.41, 5.74) is 2.85. The zero-order valence-corrected chi connectivity index (χ0v) is 21.6. The Morgan fingerprint density at radius 2 is 1.85 bits per heavy atom. The predicted molar refractivity (Wildman–Crippen MR) is 139 cm³/mol. The van der Waals surface area contributed by atoms with Crippen molar-refractivity contribution in [1.29, 1.82) is 0 Å². The van der Waals surface area contributed by atoms with Crippen LogP contribution in [0.5, 0.6) is 0 Å². The average molecular weight is 529 g/mol. The molecule has 34 heavy (non-hydrogen) atoms. The number of nitrogens with zero attached hydrogens (tertiary/aromatic N) is 4. The fourth-order valence-corrected chi connectivity index (χ4v) is 5.63. The molecular formula is C24H32Cl3N5O2. The number of piperazine rings is 1. The first-order valence-electron chi connectivity index (χ1n) is 11.6. The SMILES string of the molecule is C[C@@H]1C[C@@H](O)c2ncnc(N3CCN(C(=O)[C@@H](c4ccc(Cl)cc4)[C@@H]4CCCN4)CC3)c21.Cl.Cl. The van der Waals surface area contributed by atoms with Crippen LogP contribution >= 0.6 is 36.4 Å². The van der Waals surface area contributed by atoms with Crippen LogP contribution in [0.15, 0.2) is 30.6 Å². The molecule has 2 saturated heterocycles. The molecule has 1 aliphatic carbocycles. The minimum absolute atomic E-state index is 0. The lowest BCUT2D eigenvalue weighted by molar-refractivity contribution is -0.133. The van der Waals surface area contributed by atoms with Crippen molar-refractivity contribution in [3.8, 4) is 0 Å². The first-order valence-corrected chi connectivity index (χ1v) is 12.0. The van der Waals surface area contributed by atoms with E-state index in [4.69, 9.17) is 11.6 Å². The Balaban J connectivity index is 0.00000162. The second kappa shape index (κ2) is 11.4. The molecule has 7 nitrogen and oxygen atoms in total. The van der Waals surface area contributed by atoms with E-state index in [1.165, 1.54) is 0 Å². The molecule has 5 rings (SSSR count). The molecule has 3 heterocycles. The summed E-state index contributed by atoms with van der Waals surface area (Å²) >= 11 is 6.10. The van der Waals surface area contributed by atoms with Crippen molar-refractivity contribution in [3.05, 3.63) is 52.4 Å². The fraction of sp³-hybridized carbons (Fsp3) is 0.542. The largest absolute Gasteiger partial charge is 0.387 e. The van der Waals surface area contributed by atoms with E-state index in [1.807, 2.05) is 29.2 Å². The summed E-state index contributed by atoms with van der Waals surface area (Å²) in [5, 5.41) is 14.5. The third kappa shape index (κ3) is 5.14. The van der Waals surface area contributed by atoms with Gasteiger partial charge in [0.25, 0.3) is 0 Å². The highest BCUT2D eigenvalue weighted by molar-refractivity contribution is 6.30. The lowest BCUT2D eigenvalue weighted by atomic mass is 9.89. The molecule has 2 aromatic rings. The van der Waals surface area contributed by atoms with Gasteiger partial charge >= 0.3 is 0 Å². The van der Waals surface area contributed by atoms with E-state index >= 15 is 0 Å². The number of nitrogens with one attached hydrogen (secondary N) is 1. The summed E-state index contributed by atoms with van der Waals surface area (Å²) in [7, 11) is 0. The predicted octanol–water partition coefficient (Wildman–Crippen LogP) is 3.70. The highest BCUT2D eigenvalue weighted by Crippen LogP contribution is 2.42. The van der Waals surface area contributed by atoms with Gasteiger partial charge in [0.1, 0.15) is 12.1 Å². The van der Waals surface area contributed by atoms with Crippen molar-refractivity contribution < 1.29 is 9.90 Å². The van der Waals surface area contributed by atoms with E-state index in [0.29, 0.717) is 24.5 Å². The molecular weight excluding hydrogens is 497 g/mol. The number of hydrogen-bond acceptors (Lipinski definition) is 6. The van der Waals surface area contributed by atoms with Gasteiger partial charge in [0.15, 0.2) is 0 Å². The Labute approximate surface area is 218 Å². The second-order valence-electron chi connectivity index (χ2n) is 9.19. The van der Waals surface area contributed by atoms with Crippen LogP contribution in [0.2, 0.25) is 5.02 Å². The monoisotopic (exact) mass is 527 g/mol. The summed E-state index contributed by atoms with van der Waals surface area (Å²) in [6, 6.07) is 7.87. The second-order valence-corrected chi connectivity index (χ2v) is 9.63. The normalized spacial score (nSPS) is 24.7. The summed E-state index contributed by atoms with van der Waals surface area (Å²) in [6.07, 6.45) is 3.83. The number of aliphatic hydroxyl groups is 1. The highest BCUT2D eigenvalue weighted by atomic mass is 35.5. The van der Waals surface area contributed by atoms with E-state index < -0.39 is 6.10 Å². The number of rotatable bonds is 4. The maximum absolute atomic E-state index is 13.7. The van der Waals surface area contributed by atoms with E-state index in [2.05, 4.69) is 27.1 Å². The molecule has 2 fully saturated rings. The third-order valence-corrected chi connectivity index (χ3v) is 7.42. The van der Waals surface area contributed by atoms with Gasteiger partial charge in [-0.15, -0.1) is 24.8 Å². The lowest BCUT2D eigenvalue weighted by Crippen LogP contribution is -2.52. The molecule has 0 radical (unpaired) electrons. The Morgan fingerprint density at radius 3 is 2.50 bits per heavy atom. The van der Waals surface area contributed by atoms with Crippen LogP contribution in [0.25, 0.3) is 0 Å². The van der Waals surface area contributed by atoms with Crippen LogP contribution in [0.3, 0.4) is 0 Å². The molecule has 10 heteroatoms. The van der Waals surface area contributed by atoms with Crippen LogP contribution in [-0.4, -0.2) is 64.6 Å². The molecule has 1 aromatic carbocycles. The molecule has 0 bridgehead atoms. The lowest BCUT2D eigenvalue weighted by Gasteiger charge is -2.38. The standard InChI is InChI=1S/C24H30ClN5O2.2ClH/c1-15-13-19(31)22-20(15)23(28-14-27-22)29-9-11-30(12-10-29)24(32)21(18-3-2-8-26-18)16-4-6-17(25)7-5-16;;/h4-7,14-15,18-19,21,26,31H,2-3,8-13H2,1H3;2*1H/t15-,18+,19-,21+;;/m1../s1. The summed E-state index contributed by atoms with van der Waals surface area (Å²) in [6.45, 7) is 5.84. The van der Waals surface area contributed by atoms with Gasteiger partial charge in [0.05, 0.1) is 17.7 Å². The molecule has 0 unspecified atom stereocenters. The van der Waals surface area contributed by atoms with Gasteiger partial charge in [-0.3, -0.25) is 4.79 Å². The van der Waals surface area contributed by atoms with Gasteiger partial charge in [-0.2, -0.15) is 0 Å². The molecule has 0 saturated carbocycles. The van der Waals surface area contributed by atoms with Crippen molar-refractivity contribution in [3.63, 3.8) is 0 Å². The number of carbonyl (C=O) groups is 1. The number of halogens is 3. The molecule has 186 valence electrons. The van der Waals surface area contributed by atoms with Crippen LogP contribution in [0.4, 0.5) is 5.82 Å². The summed E-state index contributed by atoms with van der Waals surface area (Å²) < 4.78 is 0. The Morgan fingerprint density at radius 1 is 1.15 bits per heavy atom. The number of benzene rings is 1. The molecule has 2 N–H and O–H groups in total. The van der Waals surface area contributed by atoms with Gasteiger partial charge < -0.3 is 20.2 Å². The van der Waals surface area contributed by atoms with Gasteiger partial charge in [-0.1, -0.05) is 30.7 Å². The highest BCUT2D eigenvalue weighted by Gasteiger charge is 2.37. The topological polar surface area (TPSA) is 81.6 Å². The number of aromatic nitrogens is 2. The quantitative estimate of drug-likeness (QED) is 0.630. The molecule has 2 aliphatic heterocycles. The maximum Gasteiger partial charge on any atom is 0.231 e. The molecule has 1 aromatic heterocycles. The average Bonchev–Trinajstić information content (AvgIpc) is 3.44. The Kier molecular flexibility index (Phi) is 9.04. The first kappa shape index (κ1) is 27.0. The van der Waals surface area contributed by atoms with Crippen LogP contribution < -0.4 is 10.2 Å².